The molecule has 1 unspecified atom stereocenters. The van der Waals surface area contributed by atoms with E-state index in [1.807, 2.05) is 6.92 Å². The van der Waals surface area contributed by atoms with E-state index in [1.54, 1.807) is 24.3 Å². The van der Waals surface area contributed by atoms with Crippen molar-refractivity contribution in [3.63, 3.8) is 0 Å². The lowest BCUT2D eigenvalue weighted by Gasteiger charge is -2.27. The second-order valence-electron chi connectivity index (χ2n) is 16.5. The van der Waals surface area contributed by atoms with E-state index in [0.717, 1.165) is 32.4 Å². The molecular formula is C50H46F2N6O13S. The van der Waals surface area contributed by atoms with Gasteiger partial charge in [-0.2, -0.15) is 0 Å². The van der Waals surface area contributed by atoms with Gasteiger partial charge in [-0.25, -0.2) is 37.8 Å². The molecule has 2 aliphatic carbocycles. The van der Waals surface area contributed by atoms with Gasteiger partial charge in [-0.05, 0) is 66.9 Å². The normalized spacial score (nSPS) is 19.0. The van der Waals surface area contributed by atoms with Gasteiger partial charge in [-0.15, -0.1) is 5.10 Å². The number of para-hydroxylation sites is 3. The summed E-state index contributed by atoms with van der Waals surface area (Å²) in [5, 5.41) is 12.7. The molecule has 8 rings (SSSR count). The maximum atomic E-state index is 14.4. The Morgan fingerprint density at radius 3 is 1.83 bits per heavy atom. The van der Waals surface area contributed by atoms with Crippen LogP contribution in [0, 0.1) is 11.6 Å². The number of carbonyl (C=O) groups is 6. The fraction of sp³-hybridized carbons (Fsp3) is 0.320. The summed E-state index contributed by atoms with van der Waals surface area (Å²) in [7, 11) is 0. The van der Waals surface area contributed by atoms with E-state index in [2.05, 4.69) is 15.6 Å². The first-order chi connectivity index (χ1) is 34.7. The molecular weight excluding hydrogens is 963 g/mol. The zero-order valence-electron chi connectivity index (χ0n) is 39.1. The lowest BCUT2D eigenvalue weighted by atomic mass is 10.1. The maximum Gasteiger partial charge on any atom is 0.342 e. The quantitative estimate of drug-likeness (QED) is 0.0208. The zero-order valence-corrected chi connectivity index (χ0v) is 39.9. The molecule has 6 aromatic rings. The van der Waals surface area contributed by atoms with Crippen LogP contribution in [0.15, 0.2) is 96.2 Å². The monoisotopic (exact) mass is 1010 g/mol. The minimum absolute atomic E-state index is 0.0193. The molecule has 1 N–H and O–H groups in total. The molecule has 374 valence electrons. The van der Waals surface area contributed by atoms with Crippen molar-refractivity contribution in [1.29, 1.82) is 0 Å². The van der Waals surface area contributed by atoms with E-state index in [9.17, 15) is 37.5 Å². The third kappa shape index (κ3) is 11.8. The molecule has 2 saturated carbocycles. The van der Waals surface area contributed by atoms with Gasteiger partial charge in [0, 0.05) is 44.9 Å². The van der Waals surface area contributed by atoms with Crippen molar-refractivity contribution in [3.05, 3.63) is 125 Å². The summed E-state index contributed by atoms with van der Waals surface area (Å²) in [5.74, 6) is -6.36. The second kappa shape index (κ2) is 22.5. The number of esters is 6. The van der Waals surface area contributed by atoms with Gasteiger partial charge in [0.15, 0.2) is 46.0 Å². The molecule has 2 heterocycles. The standard InChI is InChI=1S/C50H46F2N6O13S/c1-5-22-72-50-54-45(53-36-24-33(36)29-18-19-34(51)35(52)23-29)42-46(55-50)58(57-56-42)37-25-41(65-20-21-66-47(62)30-12-6-9-15-38(30)67-26(2)59)44(71-49(64)32-14-8-11-17-40(32)69-28(4)61)43(37)70-48(63)31-13-7-10-16-39(31)68-27(3)60/h6-19,23,33,36-37,41,43-44H,5,20-22,24-25H2,1-4H3,(H,53,54,55)/t33-,36?,37+,41-,43-,44+/m0/s1. The van der Waals surface area contributed by atoms with Gasteiger partial charge < -0.3 is 38.5 Å². The van der Waals surface area contributed by atoms with Crippen LogP contribution in [0.3, 0.4) is 0 Å². The highest BCUT2D eigenvalue weighted by Crippen LogP contribution is 2.45. The summed E-state index contributed by atoms with van der Waals surface area (Å²) in [6, 6.07) is 20.1. The molecule has 2 aliphatic rings. The summed E-state index contributed by atoms with van der Waals surface area (Å²) in [6.07, 6.45) is -2.92. The largest absolute Gasteiger partial charge is 0.460 e. The third-order valence-electron chi connectivity index (χ3n) is 11.3. The van der Waals surface area contributed by atoms with Crippen LogP contribution in [-0.2, 0) is 33.3 Å². The predicted molar refractivity (Wildman–Crippen MR) is 251 cm³/mol. The molecule has 0 bridgehead atoms. The first-order valence-electron chi connectivity index (χ1n) is 22.7. The van der Waals surface area contributed by atoms with Crippen molar-refractivity contribution >= 4 is 64.6 Å². The Bertz CT molecular complexity index is 3050. The average Bonchev–Trinajstić information content (AvgIpc) is 3.86. The fourth-order valence-electron chi connectivity index (χ4n) is 8.08. The van der Waals surface area contributed by atoms with Gasteiger partial charge in [0.2, 0.25) is 0 Å². The summed E-state index contributed by atoms with van der Waals surface area (Å²) < 4.78 is 69.7. The molecule has 19 nitrogen and oxygen atoms in total. The number of hydrogen-bond donors (Lipinski definition) is 1. The van der Waals surface area contributed by atoms with Gasteiger partial charge in [0.25, 0.3) is 0 Å². The molecule has 22 heteroatoms. The number of anilines is 1. The van der Waals surface area contributed by atoms with E-state index in [4.69, 9.17) is 43.1 Å². The number of ether oxygens (including phenoxy) is 7. The van der Waals surface area contributed by atoms with Crippen LogP contribution in [0.4, 0.5) is 14.6 Å². The molecule has 6 atom stereocenters. The Hall–Kier alpha value is -7.85. The lowest BCUT2D eigenvalue weighted by molar-refractivity contribution is -0.132. The van der Waals surface area contributed by atoms with E-state index in [-0.39, 0.29) is 82.5 Å². The number of thioether (sulfide) groups is 1. The number of carbonyl (C=O) groups excluding carboxylic acids is 6. The Kier molecular flexibility index (Phi) is 15.8. The van der Waals surface area contributed by atoms with Crippen molar-refractivity contribution in [2.45, 2.75) is 88.4 Å². The molecule has 2 aromatic heterocycles. The van der Waals surface area contributed by atoms with E-state index < -0.39 is 71.8 Å². The third-order valence-corrected chi connectivity index (χ3v) is 12.4. The van der Waals surface area contributed by atoms with Crippen molar-refractivity contribution in [2.24, 2.45) is 0 Å². The van der Waals surface area contributed by atoms with Crippen LogP contribution in [0.25, 0.3) is 11.2 Å². The number of benzene rings is 4. The minimum atomic E-state index is -1.49. The van der Waals surface area contributed by atoms with E-state index in [1.165, 1.54) is 78.0 Å². The summed E-state index contributed by atoms with van der Waals surface area (Å²) in [5.41, 5.74) is 0.627. The van der Waals surface area contributed by atoms with Crippen molar-refractivity contribution < 1.29 is 70.7 Å². The maximum absolute atomic E-state index is 14.4. The highest BCUT2D eigenvalue weighted by molar-refractivity contribution is 7.99. The van der Waals surface area contributed by atoms with Gasteiger partial charge >= 0.3 is 35.8 Å². The highest BCUT2D eigenvalue weighted by atomic mass is 32.2. The number of hydrogen-bond acceptors (Lipinski definition) is 19. The molecule has 4 aromatic carbocycles. The van der Waals surface area contributed by atoms with Crippen molar-refractivity contribution in [1.82, 2.24) is 25.0 Å². The second-order valence-corrected chi connectivity index (χ2v) is 17.6. The SMILES string of the molecule is CCCSc1nc(NC2C[C@H]2c2ccc(F)c(F)c2)c2nnn([C@@H]3C[C@H](OCCOC(=O)c4ccccc4OC(C)=O)[C@@H](OC(=O)c4ccccc4OC(C)=O)[C@H]3OC(=O)c3ccccc3OC(C)=O)c2n1. The molecule has 0 amide bonds. The van der Waals surface area contributed by atoms with E-state index >= 15 is 0 Å². The number of aromatic nitrogens is 5. The summed E-state index contributed by atoms with van der Waals surface area (Å²) in [6.45, 7) is 4.83. The fourth-order valence-corrected chi connectivity index (χ4v) is 8.78. The Labute approximate surface area is 413 Å². The first-order valence-corrected chi connectivity index (χ1v) is 23.7. The molecule has 0 aliphatic heterocycles. The summed E-state index contributed by atoms with van der Waals surface area (Å²) in [4.78, 5) is 87.5. The topological polar surface area (TPSA) is 236 Å². The number of halogens is 2. The minimum Gasteiger partial charge on any atom is -0.460 e. The van der Waals surface area contributed by atoms with Crippen molar-refractivity contribution in [2.75, 3.05) is 24.3 Å². The Morgan fingerprint density at radius 1 is 0.694 bits per heavy atom. The number of nitrogens with zero attached hydrogens (tertiary/aromatic N) is 5. The zero-order chi connectivity index (χ0) is 51.1. The number of nitrogens with one attached hydrogen (secondary N) is 1. The molecule has 0 spiro atoms. The van der Waals surface area contributed by atoms with Crippen LogP contribution in [0.1, 0.15) is 95.6 Å². The van der Waals surface area contributed by atoms with E-state index in [0.29, 0.717) is 22.9 Å². The van der Waals surface area contributed by atoms with Crippen LogP contribution in [0.2, 0.25) is 0 Å². The highest BCUT2D eigenvalue weighted by Gasteiger charge is 2.52. The van der Waals surface area contributed by atoms with Gasteiger partial charge in [-0.3, -0.25) is 14.4 Å². The first kappa shape index (κ1) is 50.5. The van der Waals surface area contributed by atoms with Crippen LogP contribution in [0.5, 0.6) is 17.2 Å². The Morgan fingerprint density at radius 2 is 1.26 bits per heavy atom. The van der Waals surface area contributed by atoms with Crippen LogP contribution < -0.4 is 19.5 Å². The predicted octanol–water partition coefficient (Wildman–Crippen LogP) is 7.38. The van der Waals surface area contributed by atoms with Gasteiger partial charge in [0.1, 0.15) is 46.6 Å². The summed E-state index contributed by atoms with van der Waals surface area (Å²) >= 11 is 1.35. The average molecular weight is 1010 g/mol. The smallest absolute Gasteiger partial charge is 0.342 e. The molecule has 72 heavy (non-hydrogen) atoms. The van der Waals surface area contributed by atoms with Crippen LogP contribution >= 0.6 is 11.8 Å². The number of fused-ring (bicyclic) bond motifs is 1. The van der Waals surface area contributed by atoms with Crippen LogP contribution in [-0.4, -0.2) is 104 Å². The van der Waals surface area contributed by atoms with Crippen molar-refractivity contribution in [3.8, 4) is 17.2 Å². The van der Waals surface area contributed by atoms with Gasteiger partial charge in [0.05, 0.1) is 12.6 Å². The lowest BCUT2D eigenvalue weighted by Crippen LogP contribution is -2.41. The molecule has 2 fully saturated rings. The van der Waals surface area contributed by atoms with Gasteiger partial charge in [-0.1, -0.05) is 66.4 Å². The molecule has 0 radical (unpaired) electrons. The number of rotatable bonds is 19. The molecule has 0 saturated heterocycles. The Balaban J connectivity index is 1.17.